The normalized spacial score (nSPS) is 15.1. The number of ether oxygens (including phenoxy) is 1. The van der Waals surface area contributed by atoms with Crippen molar-refractivity contribution in [1.82, 2.24) is 19.6 Å². The van der Waals surface area contributed by atoms with Gasteiger partial charge >= 0.3 is 5.97 Å². The Hall–Kier alpha value is -0.150. The maximum atomic E-state index is 12.9. The Bertz CT molecular complexity index is 1190. The topological polar surface area (TPSA) is 120 Å². The van der Waals surface area contributed by atoms with Gasteiger partial charge in [0.25, 0.3) is 0 Å². The van der Waals surface area contributed by atoms with Crippen LogP contribution in [0.15, 0.2) is 0 Å². The van der Waals surface area contributed by atoms with Crippen molar-refractivity contribution in [3.63, 3.8) is 0 Å². The minimum absolute atomic E-state index is 0.142. The molecule has 0 saturated carbocycles. The fourth-order valence-electron chi connectivity index (χ4n) is 11.7. The number of carbonyl (C=O) groups excluding carboxylic acids is 1. The van der Waals surface area contributed by atoms with Crippen LogP contribution in [0.3, 0.4) is 0 Å². The number of rotatable bonds is 64. The summed E-state index contributed by atoms with van der Waals surface area (Å²) in [6, 6.07) is 0. The van der Waals surface area contributed by atoms with Gasteiger partial charge in [-0.05, 0) is 58.0 Å². The van der Waals surface area contributed by atoms with Crippen LogP contribution in [0, 0.1) is 0 Å². The number of esters is 1. The van der Waals surface area contributed by atoms with Crippen molar-refractivity contribution in [1.29, 1.82) is 0 Å². The molecule has 478 valence electrons. The van der Waals surface area contributed by atoms with E-state index in [2.05, 4.69) is 47.3 Å². The largest absolute Gasteiger partial charge is 0.464 e. The van der Waals surface area contributed by atoms with Crippen LogP contribution in [-0.4, -0.2) is 167 Å². The number of aliphatic hydroxyl groups excluding tert-OH is 4. The molecule has 0 spiro atoms. The predicted molar refractivity (Wildman–Crippen MR) is 352 cm³/mol. The van der Waals surface area contributed by atoms with Gasteiger partial charge in [0.15, 0.2) is 0 Å². The van der Waals surface area contributed by atoms with Crippen molar-refractivity contribution >= 4 is 27.6 Å². The Morgan fingerprint density at radius 3 is 1.00 bits per heavy atom. The third-order valence-corrected chi connectivity index (χ3v) is 19.4. The summed E-state index contributed by atoms with van der Waals surface area (Å²) in [5, 5.41) is 44.2. The highest BCUT2D eigenvalue weighted by Gasteiger charge is 2.20. The van der Waals surface area contributed by atoms with Crippen molar-refractivity contribution < 1.29 is 30.0 Å². The second-order valence-electron chi connectivity index (χ2n) is 25.0. The van der Waals surface area contributed by atoms with Gasteiger partial charge in [0, 0.05) is 83.4 Å². The monoisotopic (exact) mass is 1170 g/mol. The predicted octanol–water partition coefficient (Wildman–Crippen LogP) is 16.8. The molecule has 0 aliphatic carbocycles. The molecule has 1 aliphatic heterocycles. The molecule has 0 aromatic heterocycles. The fourth-order valence-corrected chi connectivity index (χ4v) is 13.8. The van der Waals surface area contributed by atoms with Gasteiger partial charge < -0.3 is 25.2 Å². The number of hydrogen-bond acceptors (Lipinski definition) is 12. The molecule has 1 aliphatic rings. The minimum atomic E-state index is -0.403. The second kappa shape index (κ2) is 60.5. The number of hydrogen-bond donors (Lipinski definition) is 4. The lowest BCUT2D eigenvalue weighted by Gasteiger charge is -2.34. The molecule has 4 N–H and O–H groups in total. The van der Waals surface area contributed by atoms with Gasteiger partial charge in [0.05, 0.1) is 24.4 Å². The zero-order chi connectivity index (χ0) is 58.0. The van der Waals surface area contributed by atoms with E-state index in [1.54, 1.807) is 0 Å². The second-order valence-corrected chi connectivity index (χ2v) is 27.7. The summed E-state index contributed by atoms with van der Waals surface area (Å²) in [4.78, 5) is 22.4. The summed E-state index contributed by atoms with van der Waals surface area (Å²) in [6.07, 6.45) is 51.6. The number of aliphatic hydroxyl groups is 4. The quantitative estimate of drug-likeness (QED) is 0.0264. The van der Waals surface area contributed by atoms with Crippen molar-refractivity contribution in [2.75, 3.05) is 96.6 Å². The summed E-state index contributed by atoms with van der Waals surface area (Å²) in [7, 11) is 3.99. The molecule has 1 rings (SSSR count). The third-order valence-electron chi connectivity index (χ3n) is 17.0. The summed E-state index contributed by atoms with van der Waals surface area (Å²) in [5.41, 5.74) is 0. The molecule has 1 fully saturated rings. The zero-order valence-electron chi connectivity index (χ0n) is 53.7. The molecule has 12 heteroatoms. The zero-order valence-corrected chi connectivity index (χ0v) is 55.4. The molecular formula is C68H138N4O6S2. The van der Waals surface area contributed by atoms with Crippen molar-refractivity contribution in [3.05, 3.63) is 0 Å². The number of nitrogens with zero attached hydrogens (tertiary/aromatic N) is 4. The number of unbranched alkanes of at least 4 members (excludes halogenated alkanes) is 33. The Morgan fingerprint density at radius 1 is 0.375 bits per heavy atom. The highest BCUT2D eigenvalue weighted by Crippen LogP contribution is 2.24. The van der Waals surface area contributed by atoms with Gasteiger partial charge in [-0.25, -0.2) is 0 Å². The van der Waals surface area contributed by atoms with Crippen LogP contribution in [0.1, 0.15) is 310 Å². The fraction of sp³-hybridized carbons (Fsp3) is 0.985. The standard InChI is InChI=1S/C68H138N4O6S2/c1-5-9-13-17-21-25-27-31-35-39-44-64(73)60-71(61-65(74)45-40-36-32-28-26-22-18-14-10-6-2)49-41-42-58-79-80-59-56-70-53-51-69(52-54-70)55-57-78-68(77)48-43-50-72(62-66(75)46-37-33-29-23-19-15-11-7-3)63-67(76)47-38-34-30-24-20-16-12-8-4/h64-67,73-76H,5-63H2,1-4H3. The molecule has 0 radical (unpaired) electrons. The van der Waals surface area contributed by atoms with Crippen LogP contribution in [-0.2, 0) is 9.53 Å². The lowest BCUT2D eigenvalue weighted by atomic mass is 10.0. The van der Waals surface area contributed by atoms with Gasteiger partial charge in [-0.2, -0.15) is 0 Å². The molecular weight excluding hydrogens is 1030 g/mol. The number of carbonyl (C=O) groups is 1. The maximum Gasteiger partial charge on any atom is 0.305 e. The maximum absolute atomic E-state index is 12.9. The van der Waals surface area contributed by atoms with Gasteiger partial charge in [0.2, 0.25) is 0 Å². The molecule has 0 bridgehead atoms. The first kappa shape index (κ1) is 77.9. The van der Waals surface area contributed by atoms with E-state index in [1.807, 2.05) is 21.6 Å². The van der Waals surface area contributed by atoms with E-state index in [0.29, 0.717) is 52.2 Å². The first-order chi connectivity index (χ1) is 39.2. The van der Waals surface area contributed by atoms with Gasteiger partial charge in [-0.1, -0.05) is 280 Å². The minimum Gasteiger partial charge on any atom is -0.464 e. The average molecular weight is 1170 g/mol. The van der Waals surface area contributed by atoms with Gasteiger partial charge in [-0.3, -0.25) is 24.4 Å². The molecule has 4 unspecified atom stereocenters. The molecule has 10 nitrogen and oxygen atoms in total. The molecule has 4 atom stereocenters. The lowest BCUT2D eigenvalue weighted by molar-refractivity contribution is -0.144. The summed E-state index contributed by atoms with van der Waals surface area (Å²) in [6.45, 7) is 19.6. The van der Waals surface area contributed by atoms with E-state index in [-0.39, 0.29) is 18.2 Å². The van der Waals surface area contributed by atoms with Gasteiger partial charge in [0.1, 0.15) is 6.61 Å². The van der Waals surface area contributed by atoms with Crippen LogP contribution >= 0.6 is 21.6 Å². The average Bonchev–Trinajstić information content (AvgIpc) is 3.44. The molecule has 0 aromatic carbocycles. The Kier molecular flexibility index (Phi) is 58.9. The summed E-state index contributed by atoms with van der Waals surface area (Å²) >= 11 is 0. The van der Waals surface area contributed by atoms with Crippen LogP contribution in [0.25, 0.3) is 0 Å². The third kappa shape index (κ3) is 53.3. The van der Waals surface area contributed by atoms with E-state index < -0.39 is 12.2 Å². The first-order valence-corrected chi connectivity index (χ1v) is 37.7. The van der Waals surface area contributed by atoms with E-state index in [0.717, 1.165) is 122 Å². The van der Waals surface area contributed by atoms with Crippen LogP contribution < -0.4 is 0 Å². The van der Waals surface area contributed by atoms with E-state index in [9.17, 15) is 25.2 Å². The van der Waals surface area contributed by atoms with Crippen LogP contribution in [0.4, 0.5) is 0 Å². The van der Waals surface area contributed by atoms with Gasteiger partial charge in [-0.15, -0.1) is 0 Å². The lowest BCUT2D eigenvalue weighted by Crippen LogP contribution is -2.47. The molecule has 1 saturated heterocycles. The molecule has 80 heavy (non-hydrogen) atoms. The molecule has 1 heterocycles. The van der Waals surface area contributed by atoms with E-state index >= 15 is 0 Å². The summed E-state index contributed by atoms with van der Waals surface area (Å²) < 4.78 is 5.73. The number of piperazine rings is 1. The van der Waals surface area contributed by atoms with Crippen molar-refractivity contribution in [2.45, 2.75) is 335 Å². The highest BCUT2D eigenvalue weighted by atomic mass is 33.1. The molecule has 0 aromatic rings. The summed E-state index contributed by atoms with van der Waals surface area (Å²) in [5.74, 6) is 2.12. The Labute approximate surface area is 505 Å². The van der Waals surface area contributed by atoms with Crippen molar-refractivity contribution in [2.24, 2.45) is 0 Å². The SMILES string of the molecule is CCCCCCCCCCCCC(O)CN(CCCCSSCCN1CCN(CCOC(=O)CCCN(CC(O)CCCCCCCCCC)CC(O)CCCCCCCCCC)CC1)CC(O)CCCCCCCCCCCC. The highest BCUT2D eigenvalue weighted by molar-refractivity contribution is 8.76. The van der Waals surface area contributed by atoms with Crippen LogP contribution in [0.5, 0.6) is 0 Å². The van der Waals surface area contributed by atoms with E-state index in [4.69, 9.17) is 4.74 Å². The van der Waals surface area contributed by atoms with Crippen LogP contribution in [0.2, 0.25) is 0 Å². The smallest absolute Gasteiger partial charge is 0.305 e. The molecule has 0 amide bonds. The van der Waals surface area contributed by atoms with E-state index in [1.165, 1.54) is 205 Å². The Balaban J connectivity index is 2.35. The Morgan fingerprint density at radius 2 is 0.662 bits per heavy atom. The first-order valence-electron chi connectivity index (χ1n) is 35.2. The van der Waals surface area contributed by atoms with Crippen molar-refractivity contribution in [3.8, 4) is 0 Å².